The molecule has 1 aromatic heterocycles. The predicted octanol–water partition coefficient (Wildman–Crippen LogP) is -1.10. The predicted molar refractivity (Wildman–Crippen MR) is 56.7 cm³/mol. The number of nitrogen functional groups attached to an aromatic ring is 1. The Morgan fingerprint density at radius 3 is 2.69 bits per heavy atom. The average molecular weight is 281 g/mol. The van der Waals surface area contributed by atoms with E-state index >= 15 is 0 Å². The molecule has 16 heavy (non-hydrogen) atoms. The summed E-state index contributed by atoms with van der Waals surface area (Å²) in [5.41, 5.74) is 6.29. The fourth-order valence-electron chi connectivity index (χ4n) is 1.19. The molecule has 1 heterocycles. The lowest BCUT2D eigenvalue weighted by molar-refractivity contribution is -0.754. The Morgan fingerprint density at radius 2 is 2.12 bits per heavy atom. The number of hydrogen-bond donors (Lipinski definition) is 1. The minimum Gasteiger partial charge on any atom is -1.00 e. The molecule has 0 saturated carbocycles. The fraction of sp³-hybridized carbons (Fsp3) is 0.111. The molecular formula is C9H8Cl3N3O. The van der Waals surface area contributed by atoms with Crippen molar-refractivity contribution >= 4 is 29.1 Å². The molecule has 0 aliphatic rings. The highest BCUT2D eigenvalue weighted by molar-refractivity contribution is 6.35. The molecule has 0 amide bonds. The second-order valence-electron chi connectivity index (χ2n) is 3.04. The third kappa shape index (κ3) is 3.01. The Labute approximate surface area is 108 Å². The summed E-state index contributed by atoms with van der Waals surface area (Å²) in [6.45, 7) is 0.497. The number of nitrogens with two attached hydrogens (primary N) is 1. The molecule has 4 nitrogen and oxygen atoms in total. The summed E-state index contributed by atoms with van der Waals surface area (Å²) < 4.78 is 6.28. The quantitative estimate of drug-likeness (QED) is 0.711. The molecule has 0 saturated heterocycles. The molecule has 1 aromatic carbocycles. The van der Waals surface area contributed by atoms with Gasteiger partial charge in [-0.25, -0.2) is 0 Å². The number of halogens is 3. The fourth-order valence-corrected chi connectivity index (χ4v) is 1.66. The highest BCUT2D eigenvalue weighted by Crippen LogP contribution is 2.20. The Bertz CT molecular complexity index is 487. The molecule has 0 aliphatic carbocycles. The molecule has 0 radical (unpaired) electrons. The summed E-state index contributed by atoms with van der Waals surface area (Å²) in [6, 6.07) is 5.29. The van der Waals surface area contributed by atoms with Gasteiger partial charge in [0.1, 0.15) is 0 Å². The SMILES string of the molecule is Nc1c[n+](Cc2ccc(Cl)cc2Cl)no1.[Cl-]. The van der Waals surface area contributed by atoms with Crippen molar-refractivity contribution in [3.8, 4) is 0 Å². The van der Waals surface area contributed by atoms with Crippen molar-refractivity contribution in [2.75, 3.05) is 5.73 Å². The summed E-state index contributed by atoms with van der Waals surface area (Å²) in [6.07, 6.45) is 1.59. The molecule has 0 aliphatic heterocycles. The van der Waals surface area contributed by atoms with E-state index in [1.165, 1.54) is 0 Å². The van der Waals surface area contributed by atoms with E-state index in [0.29, 0.717) is 16.6 Å². The zero-order chi connectivity index (χ0) is 10.8. The number of anilines is 1. The Balaban J connectivity index is 0.00000128. The lowest BCUT2D eigenvalue weighted by Crippen LogP contribution is -3.00. The molecule has 0 unspecified atom stereocenters. The molecule has 0 atom stereocenters. The van der Waals surface area contributed by atoms with Crippen molar-refractivity contribution in [2.45, 2.75) is 6.54 Å². The van der Waals surface area contributed by atoms with Gasteiger partial charge in [-0.1, -0.05) is 23.2 Å². The van der Waals surface area contributed by atoms with Gasteiger partial charge >= 0.3 is 0 Å². The van der Waals surface area contributed by atoms with Gasteiger partial charge < -0.3 is 18.1 Å². The molecule has 2 N–H and O–H groups in total. The van der Waals surface area contributed by atoms with Gasteiger partial charge in [-0.3, -0.25) is 4.52 Å². The summed E-state index contributed by atoms with van der Waals surface area (Å²) in [4.78, 5) is 0. The van der Waals surface area contributed by atoms with Gasteiger partial charge in [0.2, 0.25) is 11.8 Å². The monoisotopic (exact) mass is 279 g/mol. The van der Waals surface area contributed by atoms with Gasteiger partial charge in [-0.05, 0) is 22.9 Å². The van der Waals surface area contributed by atoms with Crippen LogP contribution in [0.25, 0.3) is 0 Å². The van der Waals surface area contributed by atoms with Crippen LogP contribution >= 0.6 is 23.2 Å². The van der Waals surface area contributed by atoms with Crippen LogP contribution in [0.2, 0.25) is 10.0 Å². The smallest absolute Gasteiger partial charge is 0.293 e. The first-order valence-electron chi connectivity index (χ1n) is 4.21. The van der Waals surface area contributed by atoms with E-state index in [0.717, 1.165) is 5.56 Å². The molecule has 0 fully saturated rings. The third-order valence-electron chi connectivity index (χ3n) is 1.87. The maximum absolute atomic E-state index is 6.00. The topological polar surface area (TPSA) is 55.9 Å². The van der Waals surface area contributed by atoms with Gasteiger partial charge in [-0.15, -0.1) is 0 Å². The van der Waals surface area contributed by atoms with Crippen molar-refractivity contribution in [3.63, 3.8) is 0 Å². The van der Waals surface area contributed by atoms with Crippen LogP contribution in [0, 0.1) is 0 Å². The van der Waals surface area contributed by atoms with E-state index in [9.17, 15) is 0 Å². The molecule has 7 heteroatoms. The van der Waals surface area contributed by atoms with E-state index in [2.05, 4.69) is 5.27 Å². The zero-order valence-electron chi connectivity index (χ0n) is 8.03. The molecule has 0 spiro atoms. The molecule has 2 rings (SSSR count). The standard InChI is InChI=1S/C9H8Cl2N3O.ClH/c10-7-2-1-6(8(11)3-7)4-14-5-9(12)15-13-14;/h1-3,5H,4,12H2;1H/q+1;/p-1. The first kappa shape index (κ1) is 13.1. The number of nitrogens with zero attached hydrogens (tertiary/aromatic N) is 2. The molecular weight excluding hydrogens is 272 g/mol. The highest BCUT2D eigenvalue weighted by atomic mass is 35.5. The van der Waals surface area contributed by atoms with Crippen LogP contribution in [0.3, 0.4) is 0 Å². The van der Waals surface area contributed by atoms with Crippen molar-refractivity contribution in [3.05, 3.63) is 40.0 Å². The molecule has 0 bridgehead atoms. The van der Waals surface area contributed by atoms with Crippen LogP contribution in [-0.4, -0.2) is 5.27 Å². The average Bonchev–Trinajstić information content (AvgIpc) is 2.56. The second kappa shape index (κ2) is 5.39. The van der Waals surface area contributed by atoms with Crippen LogP contribution < -0.4 is 22.8 Å². The summed E-state index contributed by atoms with van der Waals surface area (Å²) >= 11 is 11.8. The van der Waals surface area contributed by atoms with Gasteiger partial charge in [0.05, 0.1) is 5.02 Å². The molecule has 2 aromatic rings. The summed E-state index contributed by atoms with van der Waals surface area (Å²) in [5, 5.41) is 4.90. The van der Waals surface area contributed by atoms with E-state index in [1.807, 2.05) is 6.07 Å². The summed E-state index contributed by atoms with van der Waals surface area (Å²) in [5.74, 6) is 0.264. The highest BCUT2D eigenvalue weighted by Gasteiger charge is 2.12. The van der Waals surface area contributed by atoms with Crippen LogP contribution in [0.5, 0.6) is 0 Å². The van der Waals surface area contributed by atoms with Gasteiger partial charge in [0.15, 0.2) is 0 Å². The molecule has 86 valence electrons. The van der Waals surface area contributed by atoms with Gasteiger partial charge in [0, 0.05) is 10.6 Å². The lowest BCUT2D eigenvalue weighted by Gasteiger charge is -1.97. The maximum atomic E-state index is 6.00. The number of aromatic nitrogens is 2. The van der Waals surface area contributed by atoms with Crippen LogP contribution in [-0.2, 0) is 6.54 Å². The lowest BCUT2D eigenvalue weighted by atomic mass is 10.2. The van der Waals surface area contributed by atoms with Crippen LogP contribution in [0.15, 0.2) is 28.9 Å². The second-order valence-corrected chi connectivity index (χ2v) is 3.88. The van der Waals surface area contributed by atoms with Crippen molar-refractivity contribution in [2.24, 2.45) is 0 Å². The van der Waals surface area contributed by atoms with E-state index < -0.39 is 0 Å². The van der Waals surface area contributed by atoms with Crippen molar-refractivity contribution in [1.29, 1.82) is 0 Å². The maximum Gasteiger partial charge on any atom is 0.293 e. The van der Waals surface area contributed by atoms with E-state index in [-0.39, 0.29) is 18.3 Å². The van der Waals surface area contributed by atoms with Crippen molar-refractivity contribution < 1.29 is 21.6 Å². The number of rotatable bonds is 2. The van der Waals surface area contributed by atoms with Crippen LogP contribution in [0.4, 0.5) is 5.88 Å². The number of benzene rings is 1. The Hall–Kier alpha value is -0.970. The number of hydrogen-bond acceptors (Lipinski definition) is 3. The third-order valence-corrected chi connectivity index (χ3v) is 2.46. The van der Waals surface area contributed by atoms with Crippen LogP contribution in [0.1, 0.15) is 5.56 Å². The first-order valence-corrected chi connectivity index (χ1v) is 4.96. The Morgan fingerprint density at radius 1 is 1.38 bits per heavy atom. The van der Waals surface area contributed by atoms with Crippen molar-refractivity contribution in [1.82, 2.24) is 5.27 Å². The zero-order valence-corrected chi connectivity index (χ0v) is 10.3. The van der Waals surface area contributed by atoms with Gasteiger partial charge in [0.25, 0.3) is 12.1 Å². The first-order chi connectivity index (χ1) is 7.15. The Kier molecular flexibility index (Phi) is 4.41. The van der Waals surface area contributed by atoms with Gasteiger partial charge in [-0.2, -0.15) is 0 Å². The minimum absolute atomic E-state index is 0. The normalized spacial score (nSPS) is 9.88. The summed E-state index contributed by atoms with van der Waals surface area (Å²) in [7, 11) is 0. The minimum atomic E-state index is 0. The van der Waals surface area contributed by atoms with E-state index in [1.54, 1.807) is 23.0 Å². The van der Waals surface area contributed by atoms with E-state index in [4.69, 9.17) is 33.5 Å². The largest absolute Gasteiger partial charge is 1.00 e.